The number of rotatable bonds is 5. The van der Waals surface area contributed by atoms with Gasteiger partial charge in [0.25, 0.3) is 0 Å². The lowest BCUT2D eigenvalue weighted by Crippen LogP contribution is -2.49. The third-order valence-electron chi connectivity index (χ3n) is 5.19. The van der Waals surface area contributed by atoms with Crippen LogP contribution in [0.3, 0.4) is 0 Å². The van der Waals surface area contributed by atoms with Crippen molar-refractivity contribution < 1.29 is 9.52 Å². The highest BCUT2D eigenvalue weighted by Crippen LogP contribution is 2.34. The Bertz CT molecular complexity index is 850. The van der Waals surface area contributed by atoms with Crippen LogP contribution in [-0.4, -0.2) is 53.7 Å². The van der Waals surface area contributed by atoms with E-state index in [1.165, 1.54) is 5.56 Å². The second-order valence-electron chi connectivity index (χ2n) is 7.33. The maximum Gasteiger partial charge on any atom is 0.134 e. The molecule has 1 saturated heterocycles. The molecule has 0 saturated carbocycles. The first kappa shape index (κ1) is 18.5. The average Bonchev–Trinajstić information content (AvgIpc) is 3.08. The number of nitrogens with zero attached hydrogens (tertiary/aromatic N) is 2. The molecule has 2 heterocycles. The van der Waals surface area contributed by atoms with Crippen molar-refractivity contribution in [1.82, 2.24) is 9.80 Å². The number of benzene rings is 2. The first-order valence-corrected chi connectivity index (χ1v) is 9.86. The molecule has 1 aliphatic rings. The fourth-order valence-electron chi connectivity index (χ4n) is 3.92. The standard InChI is InChI=1S/C22H25ClN2O2/c1-16(26)15-24-10-12-25(13-11-24)22(17-6-8-19(23)9-7-17)21-14-18-4-2-3-5-20(18)27-21/h2-9,14,16,22,26H,10-13,15H2,1H3. The van der Waals surface area contributed by atoms with E-state index in [9.17, 15) is 5.11 Å². The Balaban J connectivity index is 1.63. The molecule has 2 unspecified atom stereocenters. The summed E-state index contributed by atoms with van der Waals surface area (Å²) < 4.78 is 6.23. The monoisotopic (exact) mass is 384 g/mol. The van der Waals surface area contributed by atoms with Crippen LogP contribution in [0.25, 0.3) is 11.0 Å². The van der Waals surface area contributed by atoms with Crippen molar-refractivity contribution in [2.24, 2.45) is 0 Å². The molecule has 0 bridgehead atoms. The molecule has 3 aromatic rings. The van der Waals surface area contributed by atoms with Gasteiger partial charge in [-0.1, -0.05) is 41.9 Å². The fraction of sp³-hybridized carbons (Fsp3) is 0.364. The van der Waals surface area contributed by atoms with Crippen molar-refractivity contribution in [3.8, 4) is 0 Å². The van der Waals surface area contributed by atoms with Crippen molar-refractivity contribution in [2.75, 3.05) is 32.7 Å². The minimum atomic E-state index is -0.293. The maximum absolute atomic E-state index is 9.66. The normalized spacial score (nSPS) is 18.6. The number of hydrogen-bond acceptors (Lipinski definition) is 4. The number of fused-ring (bicyclic) bond motifs is 1. The molecule has 0 aliphatic carbocycles. The van der Waals surface area contributed by atoms with Gasteiger partial charge in [-0.2, -0.15) is 0 Å². The summed E-state index contributed by atoms with van der Waals surface area (Å²) in [5.41, 5.74) is 2.10. The van der Waals surface area contributed by atoms with Crippen LogP contribution in [0.15, 0.2) is 59.0 Å². The summed E-state index contributed by atoms with van der Waals surface area (Å²) in [5, 5.41) is 11.5. The van der Waals surface area contributed by atoms with Gasteiger partial charge in [-0.3, -0.25) is 9.80 Å². The second kappa shape index (κ2) is 8.03. The molecule has 1 aliphatic heterocycles. The van der Waals surface area contributed by atoms with Gasteiger partial charge in [0.1, 0.15) is 11.3 Å². The summed E-state index contributed by atoms with van der Waals surface area (Å²) >= 11 is 6.11. The van der Waals surface area contributed by atoms with Crippen molar-refractivity contribution in [3.63, 3.8) is 0 Å². The largest absolute Gasteiger partial charge is 0.459 e. The van der Waals surface area contributed by atoms with E-state index in [1.54, 1.807) is 0 Å². The number of aliphatic hydroxyl groups excluding tert-OH is 1. The molecule has 4 rings (SSSR count). The number of piperazine rings is 1. The number of halogens is 1. The van der Waals surface area contributed by atoms with Crippen LogP contribution in [0.1, 0.15) is 24.3 Å². The topological polar surface area (TPSA) is 39.9 Å². The molecule has 1 aromatic heterocycles. The zero-order valence-electron chi connectivity index (χ0n) is 15.5. The van der Waals surface area contributed by atoms with E-state index in [0.717, 1.165) is 54.5 Å². The molecule has 2 atom stereocenters. The van der Waals surface area contributed by atoms with Gasteiger partial charge in [-0.05, 0) is 36.8 Å². The summed E-state index contributed by atoms with van der Waals surface area (Å²) in [5.74, 6) is 0.961. The molecule has 0 radical (unpaired) electrons. The Morgan fingerprint density at radius 1 is 1.04 bits per heavy atom. The van der Waals surface area contributed by atoms with Crippen molar-refractivity contribution >= 4 is 22.6 Å². The van der Waals surface area contributed by atoms with Gasteiger partial charge < -0.3 is 9.52 Å². The summed E-state index contributed by atoms with van der Waals surface area (Å²) in [4.78, 5) is 4.78. The average molecular weight is 385 g/mol. The number of β-amino-alcohol motifs (C(OH)–C–C–N with tert-alkyl or cyclic N) is 1. The molecule has 0 spiro atoms. The first-order chi connectivity index (χ1) is 13.1. The Kier molecular flexibility index (Phi) is 5.50. The van der Waals surface area contributed by atoms with E-state index in [4.69, 9.17) is 16.0 Å². The Hall–Kier alpha value is -1.85. The Labute approximate surface area is 164 Å². The molecule has 4 nitrogen and oxygen atoms in total. The molecular weight excluding hydrogens is 360 g/mol. The van der Waals surface area contributed by atoms with E-state index < -0.39 is 0 Å². The fourth-order valence-corrected chi connectivity index (χ4v) is 4.04. The number of para-hydroxylation sites is 1. The minimum absolute atomic E-state index is 0.0587. The Morgan fingerprint density at radius 2 is 1.74 bits per heavy atom. The van der Waals surface area contributed by atoms with Crippen LogP contribution >= 0.6 is 11.6 Å². The van der Waals surface area contributed by atoms with E-state index in [2.05, 4.69) is 34.1 Å². The summed E-state index contributed by atoms with van der Waals surface area (Å²) in [6.45, 7) is 6.31. The molecule has 142 valence electrons. The lowest BCUT2D eigenvalue weighted by atomic mass is 10.0. The molecule has 1 fully saturated rings. The molecular formula is C22H25ClN2O2. The van der Waals surface area contributed by atoms with Gasteiger partial charge in [0.05, 0.1) is 12.1 Å². The van der Waals surface area contributed by atoms with Crippen LogP contribution in [0.4, 0.5) is 0 Å². The quantitative estimate of drug-likeness (QED) is 0.716. The van der Waals surface area contributed by atoms with Gasteiger partial charge in [0.15, 0.2) is 0 Å². The predicted molar refractivity (Wildman–Crippen MR) is 109 cm³/mol. The molecule has 2 aromatic carbocycles. The highest BCUT2D eigenvalue weighted by molar-refractivity contribution is 6.30. The smallest absolute Gasteiger partial charge is 0.134 e. The summed E-state index contributed by atoms with van der Waals surface area (Å²) in [6.07, 6.45) is -0.293. The number of aliphatic hydroxyl groups is 1. The van der Waals surface area contributed by atoms with Crippen LogP contribution < -0.4 is 0 Å². The van der Waals surface area contributed by atoms with Gasteiger partial charge in [0.2, 0.25) is 0 Å². The number of furan rings is 1. The van der Waals surface area contributed by atoms with Gasteiger partial charge >= 0.3 is 0 Å². The highest BCUT2D eigenvalue weighted by Gasteiger charge is 2.29. The highest BCUT2D eigenvalue weighted by atomic mass is 35.5. The van der Waals surface area contributed by atoms with Crippen molar-refractivity contribution in [1.29, 1.82) is 0 Å². The van der Waals surface area contributed by atoms with Gasteiger partial charge in [-0.15, -0.1) is 0 Å². The van der Waals surface area contributed by atoms with Gasteiger partial charge in [-0.25, -0.2) is 0 Å². The van der Waals surface area contributed by atoms with Crippen LogP contribution in [0.5, 0.6) is 0 Å². The molecule has 27 heavy (non-hydrogen) atoms. The van der Waals surface area contributed by atoms with Crippen molar-refractivity contribution in [3.05, 3.63) is 70.9 Å². The first-order valence-electron chi connectivity index (χ1n) is 9.48. The van der Waals surface area contributed by atoms with Crippen LogP contribution in [0.2, 0.25) is 5.02 Å². The van der Waals surface area contributed by atoms with E-state index >= 15 is 0 Å². The SMILES string of the molecule is CC(O)CN1CCN(C(c2ccc(Cl)cc2)c2cc3ccccc3o2)CC1. The summed E-state index contributed by atoms with van der Waals surface area (Å²) in [7, 11) is 0. The number of hydrogen-bond donors (Lipinski definition) is 1. The summed E-state index contributed by atoms with van der Waals surface area (Å²) in [6, 6.07) is 18.4. The van der Waals surface area contributed by atoms with Gasteiger partial charge in [0, 0.05) is 43.1 Å². The molecule has 1 N–H and O–H groups in total. The molecule has 5 heteroatoms. The maximum atomic E-state index is 9.66. The minimum Gasteiger partial charge on any atom is -0.459 e. The van der Waals surface area contributed by atoms with Crippen LogP contribution in [0, 0.1) is 0 Å². The van der Waals surface area contributed by atoms with E-state index in [0.29, 0.717) is 0 Å². The van der Waals surface area contributed by atoms with Crippen LogP contribution in [-0.2, 0) is 0 Å². The molecule has 0 amide bonds. The van der Waals surface area contributed by atoms with Crippen molar-refractivity contribution in [2.45, 2.75) is 19.1 Å². The lowest BCUT2D eigenvalue weighted by Gasteiger charge is -2.39. The zero-order chi connectivity index (χ0) is 18.8. The second-order valence-corrected chi connectivity index (χ2v) is 7.76. The Morgan fingerprint density at radius 3 is 2.41 bits per heavy atom. The zero-order valence-corrected chi connectivity index (χ0v) is 16.3. The predicted octanol–water partition coefficient (Wildman–Crippen LogP) is 4.17. The van der Waals surface area contributed by atoms with E-state index in [-0.39, 0.29) is 12.1 Å². The van der Waals surface area contributed by atoms with E-state index in [1.807, 2.05) is 37.3 Å². The lowest BCUT2D eigenvalue weighted by molar-refractivity contribution is 0.0656. The third-order valence-corrected chi connectivity index (χ3v) is 5.45. The third kappa shape index (κ3) is 4.19.